The molecule has 1 saturated heterocycles. The summed E-state index contributed by atoms with van der Waals surface area (Å²) in [5.41, 5.74) is 4.26. The van der Waals surface area contributed by atoms with Crippen LogP contribution < -0.4 is 5.43 Å². The number of carbonyl (C=O) groups excluding carboxylic acids is 1. The fourth-order valence-electron chi connectivity index (χ4n) is 2.50. The summed E-state index contributed by atoms with van der Waals surface area (Å²) in [6.07, 6.45) is 1.57. The summed E-state index contributed by atoms with van der Waals surface area (Å²) >= 11 is 5.86. The normalized spacial score (nSPS) is 16.7. The van der Waals surface area contributed by atoms with Crippen LogP contribution in [0.5, 0.6) is 0 Å². The van der Waals surface area contributed by atoms with Gasteiger partial charge in [0.25, 0.3) is 5.91 Å². The molecular formula is C18H19ClN4O3S. The average molecular weight is 407 g/mol. The maximum Gasteiger partial charge on any atom is 0.271 e. The van der Waals surface area contributed by atoms with E-state index in [1.54, 1.807) is 49.5 Å². The number of amides is 1. The van der Waals surface area contributed by atoms with E-state index in [0.717, 1.165) is 5.56 Å². The van der Waals surface area contributed by atoms with Crippen LogP contribution in [0.3, 0.4) is 0 Å². The molecular weight excluding hydrogens is 388 g/mol. The van der Waals surface area contributed by atoms with E-state index in [0.29, 0.717) is 47.6 Å². The zero-order valence-corrected chi connectivity index (χ0v) is 16.3. The number of ether oxygens (including phenoxy) is 1. The number of nitrogens with zero attached hydrogens (tertiary/aromatic N) is 3. The molecule has 9 heteroatoms. The van der Waals surface area contributed by atoms with E-state index in [2.05, 4.69) is 15.5 Å². The Morgan fingerprint density at radius 1 is 1.26 bits per heavy atom. The molecule has 3 rings (SSSR count). The Morgan fingerprint density at radius 3 is 2.78 bits per heavy atom. The predicted octanol–water partition coefficient (Wildman–Crippen LogP) is 2.24. The first-order chi connectivity index (χ1) is 13.0. The number of hydrogen-bond donors (Lipinski definition) is 1. The van der Waals surface area contributed by atoms with Crippen molar-refractivity contribution in [1.82, 2.24) is 14.7 Å². The lowest BCUT2D eigenvalue weighted by atomic mass is 10.2. The molecule has 1 aliphatic rings. The van der Waals surface area contributed by atoms with Gasteiger partial charge >= 0.3 is 0 Å². The largest absolute Gasteiger partial charge is 0.379 e. The minimum absolute atomic E-state index is 0.353. The van der Waals surface area contributed by atoms with Gasteiger partial charge < -0.3 is 4.74 Å². The van der Waals surface area contributed by atoms with Gasteiger partial charge in [0.2, 0.25) is 0 Å². The number of halogens is 1. The highest BCUT2D eigenvalue weighted by Gasteiger charge is 2.19. The van der Waals surface area contributed by atoms with Gasteiger partial charge in [-0.05, 0) is 37.3 Å². The molecule has 1 atom stereocenters. The second-order valence-electron chi connectivity index (χ2n) is 5.82. The maximum atomic E-state index is 12.7. The fraction of sp³-hybridized carbons (Fsp3) is 0.278. The highest BCUT2D eigenvalue weighted by atomic mass is 35.5. The monoisotopic (exact) mass is 406 g/mol. The van der Waals surface area contributed by atoms with E-state index < -0.39 is 11.0 Å². The van der Waals surface area contributed by atoms with E-state index in [-0.39, 0.29) is 5.91 Å². The molecule has 1 unspecified atom stereocenters. The van der Waals surface area contributed by atoms with E-state index >= 15 is 0 Å². The van der Waals surface area contributed by atoms with Gasteiger partial charge in [0.1, 0.15) is 16.1 Å². The van der Waals surface area contributed by atoms with E-state index in [1.165, 1.54) is 0 Å². The molecule has 0 bridgehead atoms. The Balaban J connectivity index is 1.70. The van der Waals surface area contributed by atoms with Crippen molar-refractivity contribution in [2.45, 2.75) is 11.8 Å². The average Bonchev–Trinajstić information content (AvgIpc) is 2.72. The first kappa shape index (κ1) is 19.6. The molecule has 0 aliphatic carbocycles. The fourth-order valence-corrected chi connectivity index (χ4v) is 3.87. The van der Waals surface area contributed by atoms with Crippen LogP contribution in [-0.4, -0.2) is 51.4 Å². The van der Waals surface area contributed by atoms with Gasteiger partial charge in [-0.3, -0.25) is 4.79 Å². The lowest BCUT2D eigenvalue weighted by Gasteiger charge is -2.25. The van der Waals surface area contributed by atoms with Crippen molar-refractivity contribution in [1.29, 1.82) is 0 Å². The Morgan fingerprint density at radius 2 is 2.04 bits per heavy atom. The van der Waals surface area contributed by atoms with Gasteiger partial charge in [-0.25, -0.2) is 18.9 Å². The number of pyridine rings is 1. The molecule has 1 aromatic carbocycles. The van der Waals surface area contributed by atoms with Crippen molar-refractivity contribution in [3.05, 3.63) is 58.9 Å². The third-order valence-electron chi connectivity index (χ3n) is 3.97. The number of carbonyl (C=O) groups is 1. The van der Waals surface area contributed by atoms with Gasteiger partial charge in [-0.1, -0.05) is 17.7 Å². The van der Waals surface area contributed by atoms with Crippen molar-refractivity contribution >= 4 is 34.2 Å². The third-order valence-corrected chi connectivity index (χ3v) is 5.67. The highest BCUT2D eigenvalue weighted by molar-refractivity contribution is 7.82. The maximum absolute atomic E-state index is 12.7. The molecule has 2 aromatic rings. The minimum atomic E-state index is -1.33. The Labute approximate surface area is 165 Å². The molecule has 2 heterocycles. The number of benzene rings is 1. The first-order valence-electron chi connectivity index (χ1n) is 8.36. The molecule has 1 amide bonds. The summed E-state index contributed by atoms with van der Waals surface area (Å²) in [5.74, 6) is -0.379. The Hall–Kier alpha value is -2.13. The summed E-state index contributed by atoms with van der Waals surface area (Å²) in [4.78, 5) is 16.9. The van der Waals surface area contributed by atoms with Crippen LogP contribution >= 0.6 is 11.6 Å². The van der Waals surface area contributed by atoms with E-state index in [4.69, 9.17) is 16.3 Å². The zero-order valence-electron chi connectivity index (χ0n) is 14.7. The molecule has 1 N–H and O–H groups in total. The minimum Gasteiger partial charge on any atom is -0.379 e. The Bertz CT molecular complexity index is 884. The molecule has 0 saturated carbocycles. The van der Waals surface area contributed by atoms with E-state index in [9.17, 15) is 9.00 Å². The zero-order chi connectivity index (χ0) is 19.2. The molecule has 1 fully saturated rings. The molecule has 142 valence electrons. The number of nitrogens with one attached hydrogen (secondary N) is 1. The summed E-state index contributed by atoms with van der Waals surface area (Å²) in [6, 6.07) is 10.2. The van der Waals surface area contributed by atoms with Crippen LogP contribution in [0.1, 0.15) is 22.8 Å². The quantitative estimate of drug-likeness (QED) is 0.469. The molecule has 7 nitrogen and oxygen atoms in total. The number of aromatic nitrogens is 1. The molecule has 27 heavy (non-hydrogen) atoms. The van der Waals surface area contributed by atoms with Gasteiger partial charge in [-0.2, -0.15) is 5.10 Å². The Kier molecular flexibility index (Phi) is 6.68. The standard InChI is InChI=1S/C18H19ClN4O3S/c1-13(14-5-6-20-17(19)12-14)21-22-18(24)15-3-2-4-16(11-15)27(25)23-7-9-26-10-8-23/h2-6,11-12H,7-10H2,1H3,(H,22,24)/b21-13+. The summed E-state index contributed by atoms with van der Waals surface area (Å²) in [7, 11) is -1.33. The second-order valence-corrected chi connectivity index (χ2v) is 7.70. The molecule has 0 spiro atoms. The van der Waals surface area contributed by atoms with Gasteiger partial charge in [0, 0.05) is 30.4 Å². The lowest BCUT2D eigenvalue weighted by molar-refractivity contribution is 0.0752. The van der Waals surface area contributed by atoms with Crippen molar-refractivity contribution < 1.29 is 13.7 Å². The highest BCUT2D eigenvalue weighted by Crippen LogP contribution is 2.15. The van der Waals surface area contributed by atoms with Crippen molar-refractivity contribution in [2.24, 2.45) is 5.10 Å². The predicted molar refractivity (Wildman–Crippen MR) is 104 cm³/mol. The number of hydrazone groups is 1. The van der Waals surface area contributed by atoms with Crippen LogP contribution in [-0.2, 0) is 15.7 Å². The summed E-state index contributed by atoms with van der Waals surface area (Å²) < 4.78 is 19.8. The number of hydrogen-bond acceptors (Lipinski definition) is 5. The van der Waals surface area contributed by atoms with Crippen LogP contribution in [0, 0.1) is 0 Å². The SMILES string of the molecule is C/C(=N\NC(=O)c1cccc(S(=O)N2CCOCC2)c1)c1ccnc(Cl)c1. The molecule has 1 aliphatic heterocycles. The first-order valence-corrected chi connectivity index (χ1v) is 9.84. The second kappa shape index (κ2) is 9.18. The van der Waals surface area contributed by atoms with Gasteiger partial charge in [-0.15, -0.1) is 0 Å². The number of morpholine rings is 1. The summed E-state index contributed by atoms with van der Waals surface area (Å²) in [6.45, 7) is 4.07. The van der Waals surface area contributed by atoms with Crippen molar-refractivity contribution in [3.8, 4) is 0 Å². The molecule has 1 aromatic heterocycles. The smallest absolute Gasteiger partial charge is 0.271 e. The van der Waals surface area contributed by atoms with Gasteiger partial charge in [0.05, 0.1) is 23.8 Å². The van der Waals surface area contributed by atoms with Crippen LogP contribution in [0.4, 0.5) is 0 Å². The van der Waals surface area contributed by atoms with Crippen molar-refractivity contribution in [2.75, 3.05) is 26.3 Å². The topological polar surface area (TPSA) is 83.9 Å². The molecule has 0 radical (unpaired) electrons. The van der Waals surface area contributed by atoms with Gasteiger partial charge in [0.15, 0.2) is 0 Å². The van der Waals surface area contributed by atoms with Crippen LogP contribution in [0.25, 0.3) is 0 Å². The lowest BCUT2D eigenvalue weighted by Crippen LogP contribution is -2.37. The summed E-state index contributed by atoms with van der Waals surface area (Å²) in [5, 5.41) is 4.46. The number of rotatable bonds is 5. The van der Waals surface area contributed by atoms with Crippen molar-refractivity contribution in [3.63, 3.8) is 0 Å². The van der Waals surface area contributed by atoms with Crippen LogP contribution in [0.15, 0.2) is 52.6 Å². The van der Waals surface area contributed by atoms with Crippen LogP contribution in [0.2, 0.25) is 5.15 Å². The third kappa shape index (κ3) is 5.20. The van der Waals surface area contributed by atoms with E-state index in [1.807, 2.05) is 4.31 Å².